The highest BCUT2D eigenvalue weighted by atomic mass is 16.4. The molecule has 2 aromatic heterocycles. The van der Waals surface area contributed by atoms with Crippen molar-refractivity contribution in [2.24, 2.45) is 0 Å². The van der Waals surface area contributed by atoms with Crippen LogP contribution in [0.25, 0.3) is 0 Å². The predicted octanol–water partition coefficient (Wildman–Crippen LogP) is 1.65. The van der Waals surface area contributed by atoms with E-state index in [-0.39, 0.29) is 6.54 Å². The van der Waals surface area contributed by atoms with E-state index in [1.165, 1.54) is 0 Å². The highest BCUT2D eigenvalue weighted by Crippen LogP contribution is 2.06. The number of nitrogens with zero attached hydrogens (tertiary/aromatic N) is 3. The van der Waals surface area contributed by atoms with Gasteiger partial charge in [-0.25, -0.2) is 0 Å². The molecule has 0 spiro atoms. The Morgan fingerprint density at radius 1 is 0.957 bits per heavy atom. The van der Waals surface area contributed by atoms with Gasteiger partial charge in [0, 0.05) is 32.4 Å². The van der Waals surface area contributed by atoms with E-state index in [1.807, 2.05) is 36.4 Å². The summed E-state index contributed by atoms with van der Waals surface area (Å²) in [7, 11) is 0. The Labute approximate surface area is 134 Å². The Balaban J connectivity index is 0.000000593. The third-order valence-electron chi connectivity index (χ3n) is 2.58. The average Bonchev–Trinajstić information content (AvgIpc) is 2.48. The van der Waals surface area contributed by atoms with Crippen molar-refractivity contribution in [2.45, 2.75) is 20.0 Å². The summed E-state index contributed by atoms with van der Waals surface area (Å²) in [6.07, 6.45) is 3.41. The first-order valence-corrected chi connectivity index (χ1v) is 6.91. The van der Waals surface area contributed by atoms with Gasteiger partial charge in [-0.1, -0.05) is 12.1 Å². The molecule has 0 bridgehead atoms. The molecule has 0 aliphatic carbocycles. The number of aliphatic carboxylic acids is 2. The zero-order valence-electron chi connectivity index (χ0n) is 12.8. The number of rotatable bonds is 6. The normalized spacial score (nSPS) is 9.83. The fraction of sp³-hybridized carbons (Fsp3) is 0.250. The summed E-state index contributed by atoms with van der Waals surface area (Å²) in [5.41, 5.74) is 1.69. The largest absolute Gasteiger partial charge is 0.481 e. The number of pyridine rings is 2. The number of carboxylic acid groups (broad SMARTS) is 2. The molecule has 7 heteroatoms. The maximum atomic E-state index is 10.9. The second kappa shape index (κ2) is 10.0. The lowest BCUT2D eigenvalue weighted by Gasteiger charge is -2.19. The quantitative estimate of drug-likeness (QED) is 0.835. The molecule has 2 heterocycles. The molecule has 0 saturated carbocycles. The summed E-state index contributed by atoms with van der Waals surface area (Å²) in [5, 5.41) is 16.4. The van der Waals surface area contributed by atoms with E-state index in [1.54, 1.807) is 17.3 Å². The van der Waals surface area contributed by atoms with Crippen LogP contribution in [-0.4, -0.2) is 43.6 Å². The van der Waals surface area contributed by atoms with Gasteiger partial charge in [0.2, 0.25) is 0 Å². The van der Waals surface area contributed by atoms with Crippen LogP contribution in [0.4, 0.5) is 0 Å². The summed E-state index contributed by atoms with van der Waals surface area (Å²) in [4.78, 5) is 30.1. The Bertz CT molecular complexity index is 560. The Morgan fingerprint density at radius 2 is 1.39 bits per heavy atom. The van der Waals surface area contributed by atoms with Crippen molar-refractivity contribution in [2.75, 3.05) is 6.54 Å². The fourth-order valence-electron chi connectivity index (χ4n) is 1.80. The van der Waals surface area contributed by atoms with Crippen LogP contribution in [0.2, 0.25) is 0 Å². The first-order chi connectivity index (χ1) is 11.0. The molecular formula is C16H19N3O4. The maximum Gasteiger partial charge on any atom is 0.317 e. The molecule has 0 amide bonds. The zero-order chi connectivity index (χ0) is 17.1. The average molecular weight is 317 g/mol. The number of carboxylic acids is 2. The van der Waals surface area contributed by atoms with Gasteiger partial charge in [0.05, 0.1) is 17.9 Å². The van der Waals surface area contributed by atoms with Gasteiger partial charge in [0.1, 0.15) is 0 Å². The Kier molecular flexibility index (Phi) is 7.95. The molecule has 2 N–H and O–H groups in total. The van der Waals surface area contributed by atoms with E-state index in [0.29, 0.717) is 13.1 Å². The third kappa shape index (κ3) is 8.94. The summed E-state index contributed by atoms with van der Waals surface area (Å²) in [6.45, 7) is 2.03. The van der Waals surface area contributed by atoms with Gasteiger partial charge >= 0.3 is 5.97 Å². The molecule has 2 rings (SSSR count). The minimum Gasteiger partial charge on any atom is -0.481 e. The molecule has 23 heavy (non-hydrogen) atoms. The first kappa shape index (κ1) is 18.2. The van der Waals surface area contributed by atoms with Crippen LogP contribution in [0.5, 0.6) is 0 Å². The lowest BCUT2D eigenvalue weighted by Crippen LogP contribution is -2.29. The molecule has 7 nitrogen and oxygen atoms in total. The molecule has 2 aromatic rings. The standard InChI is InChI=1S/C14H15N3O2.C2H4O2/c18-14(19)11-17(9-12-5-1-3-7-15-12)10-13-6-2-4-8-16-13;1-2(3)4/h1-8H,9-11H2,(H,18,19);1H3,(H,3,4). The highest BCUT2D eigenvalue weighted by Gasteiger charge is 2.12. The SMILES string of the molecule is CC(=O)O.O=C(O)CN(Cc1ccccn1)Cc1ccccn1. The van der Waals surface area contributed by atoms with Crippen molar-refractivity contribution >= 4 is 11.9 Å². The van der Waals surface area contributed by atoms with Crippen molar-refractivity contribution in [1.82, 2.24) is 14.9 Å². The maximum absolute atomic E-state index is 10.9. The smallest absolute Gasteiger partial charge is 0.317 e. The topological polar surface area (TPSA) is 104 Å². The number of hydrogen-bond acceptors (Lipinski definition) is 5. The van der Waals surface area contributed by atoms with Crippen molar-refractivity contribution in [3.8, 4) is 0 Å². The summed E-state index contributed by atoms with van der Waals surface area (Å²) < 4.78 is 0. The fourth-order valence-corrected chi connectivity index (χ4v) is 1.80. The summed E-state index contributed by atoms with van der Waals surface area (Å²) in [5.74, 6) is -1.69. The van der Waals surface area contributed by atoms with Gasteiger partial charge < -0.3 is 10.2 Å². The van der Waals surface area contributed by atoms with Crippen molar-refractivity contribution < 1.29 is 19.8 Å². The molecule has 0 fully saturated rings. The second-order valence-corrected chi connectivity index (χ2v) is 4.70. The summed E-state index contributed by atoms with van der Waals surface area (Å²) >= 11 is 0. The number of hydrogen-bond donors (Lipinski definition) is 2. The van der Waals surface area contributed by atoms with Gasteiger partial charge in [-0.15, -0.1) is 0 Å². The predicted molar refractivity (Wildman–Crippen MR) is 83.5 cm³/mol. The van der Waals surface area contributed by atoms with Gasteiger partial charge in [0.15, 0.2) is 0 Å². The van der Waals surface area contributed by atoms with Crippen molar-refractivity contribution in [1.29, 1.82) is 0 Å². The molecule has 0 radical (unpaired) electrons. The first-order valence-electron chi connectivity index (χ1n) is 6.91. The Hall–Kier alpha value is -2.80. The summed E-state index contributed by atoms with van der Waals surface area (Å²) in [6, 6.07) is 11.2. The second-order valence-electron chi connectivity index (χ2n) is 4.70. The molecule has 0 aromatic carbocycles. The minimum absolute atomic E-state index is 0.0346. The molecule has 0 saturated heterocycles. The lowest BCUT2D eigenvalue weighted by molar-refractivity contribution is -0.138. The van der Waals surface area contributed by atoms with E-state index in [4.69, 9.17) is 15.0 Å². The van der Waals surface area contributed by atoms with E-state index < -0.39 is 11.9 Å². The van der Waals surface area contributed by atoms with E-state index >= 15 is 0 Å². The molecule has 0 unspecified atom stereocenters. The lowest BCUT2D eigenvalue weighted by atomic mass is 10.3. The van der Waals surface area contributed by atoms with Crippen LogP contribution in [0, 0.1) is 0 Å². The van der Waals surface area contributed by atoms with Gasteiger partial charge in [-0.2, -0.15) is 0 Å². The van der Waals surface area contributed by atoms with Gasteiger partial charge in [0.25, 0.3) is 5.97 Å². The van der Waals surface area contributed by atoms with Gasteiger partial charge in [-0.3, -0.25) is 24.5 Å². The molecular weight excluding hydrogens is 298 g/mol. The molecule has 0 aliphatic rings. The number of aromatic nitrogens is 2. The monoisotopic (exact) mass is 317 g/mol. The van der Waals surface area contributed by atoms with Crippen molar-refractivity contribution in [3.63, 3.8) is 0 Å². The Morgan fingerprint density at radius 3 is 1.70 bits per heavy atom. The highest BCUT2D eigenvalue weighted by molar-refractivity contribution is 5.69. The van der Waals surface area contributed by atoms with Crippen LogP contribution >= 0.6 is 0 Å². The van der Waals surface area contributed by atoms with Crippen LogP contribution in [0.1, 0.15) is 18.3 Å². The molecule has 0 aliphatic heterocycles. The molecule has 0 atom stereocenters. The third-order valence-corrected chi connectivity index (χ3v) is 2.58. The van der Waals surface area contributed by atoms with E-state index in [9.17, 15) is 4.79 Å². The molecule has 122 valence electrons. The van der Waals surface area contributed by atoms with Crippen molar-refractivity contribution in [3.05, 3.63) is 60.2 Å². The van der Waals surface area contributed by atoms with Gasteiger partial charge in [-0.05, 0) is 24.3 Å². The van der Waals surface area contributed by atoms with Crippen LogP contribution in [-0.2, 0) is 22.7 Å². The van der Waals surface area contributed by atoms with Crippen LogP contribution in [0.15, 0.2) is 48.8 Å². The number of carbonyl (C=O) groups is 2. The van der Waals surface area contributed by atoms with Crippen LogP contribution in [0.3, 0.4) is 0 Å². The van der Waals surface area contributed by atoms with Crippen LogP contribution < -0.4 is 0 Å². The zero-order valence-corrected chi connectivity index (χ0v) is 12.8. The minimum atomic E-state index is -0.855. The van der Waals surface area contributed by atoms with E-state index in [0.717, 1.165) is 18.3 Å². The van der Waals surface area contributed by atoms with E-state index in [2.05, 4.69) is 9.97 Å².